The van der Waals surface area contributed by atoms with Gasteiger partial charge in [-0.25, -0.2) is 4.39 Å². The summed E-state index contributed by atoms with van der Waals surface area (Å²) in [6, 6.07) is 12.8. The van der Waals surface area contributed by atoms with Gasteiger partial charge in [0, 0.05) is 43.0 Å². The SMILES string of the molecule is CC(C)(C)F.CNc1ccccc1[C@]1(C=O)CCN(C(=O)CN2Cc3cc(Cl)ccc3C2=O)C1. The summed E-state index contributed by atoms with van der Waals surface area (Å²) in [4.78, 5) is 40.8. The molecule has 2 amide bonds. The zero-order chi connectivity index (χ0) is 25.1. The number of carbonyl (C=O) groups is 3. The van der Waals surface area contributed by atoms with Gasteiger partial charge in [-0.2, -0.15) is 0 Å². The normalized spacial score (nSPS) is 19.4. The number of alkyl halides is 1. The minimum Gasteiger partial charge on any atom is -0.388 e. The Morgan fingerprint density at radius 2 is 1.91 bits per heavy atom. The van der Waals surface area contributed by atoms with E-state index in [4.69, 9.17) is 11.6 Å². The topological polar surface area (TPSA) is 69.7 Å². The molecule has 0 aromatic heterocycles. The molecule has 0 unspecified atom stereocenters. The zero-order valence-electron chi connectivity index (χ0n) is 20.0. The Labute approximate surface area is 205 Å². The molecule has 0 aliphatic carbocycles. The van der Waals surface area contributed by atoms with Gasteiger partial charge >= 0.3 is 0 Å². The number of benzene rings is 2. The second-order valence-electron chi connectivity index (χ2n) is 9.66. The molecule has 2 aromatic carbocycles. The number of hydrogen-bond donors (Lipinski definition) is 1. The van der Waals surface area contributed by atoms with E-state index in [1.54, 1.807) is 23.1 Å². The second-order valence-corrected chi connectivity index (χ2v) is 10.1. The summed E-state index contributed by atoms with van der Waals surface area (Å²) in [6.45, 7) is 5.72. The molecular formula is C26H31ClFN3O3. The van der Waals surface area contributed by atoms with Gasteiger partial charge < -0.3 is 19.9 Å². The van der Waals surface area contributed by atoms with Crippen molar-refractivity contribution >= 4 is 35.4 Å². The number of anilines is 1. The van der Waals surface area contributed by atoms with Crippen LogP contribution >= 0.6 is 11.6 Å². The average Bonchev–Trinajstić information content (AvgIpc) is 3.35. The van der Waals surface area contributed by atoms with Crippen LogP contribution in [0.2, 0.25) is 5.02 Å². The number of nitrogens with one attached hydrogen (secondary N) is 1. The third-order valence-electron chi connectivity index (χ3n) is 5.88. The van der Waals surface area contributed by atoms with E-state index in [1.807, 2.05) is 31.3 Å². The van der Waals surface area contributed by atoms with Crippen LogP contribution in [0.3, 0.4) is 0 Å². The number of hydrogen-bond acceptors (Lipinski definition) is 4. The molecule has 0 saturated carbocycles. The van der Waals surface area contributed by atoms with Crippen LogP contribution < -0.4 is 5.32 Å². The second kappa shape index (κ2) is 10.1. The standard InChI is InChI=1S/C22H22ClN3O3.C4H9F/c1-24-19-5-3-2-4-18(19)22(14-27)8-9-25(13-22)20(28)12-26-11-15-10-16(23)6-7-17(15)21(26)29;1-4(2,3)5/h2-7,10,14,24H,8-9,11-13H2,1H3;1-3H3/t22-;/m1./s1. The first-order valence-corrected chi connectivity index (χ1v) is 11.6. The highest BCUT2D eigenvalue weighted by Crippen LogP contribution is 2.37. The van der Waals surface area contributed by atoms with Crippen LogP contribution in [-0.4, -0.2) is 60.3 Å². The first kappa shape index (κ1) is 25.7. The average molecular weight is 488 g/mol. The van der Waals surface area contributed by atoms with Gasteiger partial charge in [0.05, 0.1) is 5.41 Å². The summed E-state index contributed by atoms with van der Waals surface area (Å²) in [7, 11) is 1.82. The summed E-state index contributed by atoms with van der Waals surface area (Å²) in [5, 5.41) is 3.70. The Kier molecular flexibility index (Phi) is 7.66. The summed E-state index contributed by atoms with van der Waals surface area (Å²) >= 11 is 6.02. The minimum absolute atomic E-state index is 0.00621. The van der Waals surface area contributed by atoms with Crippen molar-refractivity contribution in [2.45, 2.75) is 44.8 Å². The van der Waals surface area contributed by atoms with Gasteiger partial charge in [0.25, 0.3) is 5.91 Å². The van der Waals surface area contributed by atoms with Crippen LogP contribution in [0.25, 0.3) is 0 Å². The van der Waals surface area contributed by atoms with Crippen molar-refractivity contribution in [3.8, 4) is 0 Å². The molecule has 34 heavy (non-hydrogen) atoms. The minimum atomic E-state index is -1.00. The van der Waals surface area contributed by atoms with Crippen molar-refractivity contribution in [3.05, 3.63) is 64.2 Å². The molecule has 1 atom stereocenters. The number of fused-ring (bicyclic) bond motifs is 1. The summed E-state index contributed by atoms with van der Waals surface area (Å²) in [5.41, 5.74) is 1.47. The summed E-state index contributed by atoms with van der Waals surface area (Å²) in [5.74, 6) is -0.311. The van der Waals surface area contributed by atoms with E-state index in [2.05, 4.69) is 5.32 Å². The van der Waals surface area contributed by atoms with Crippen molar-refractivity contribution in [2.24, 2.45) is 0 Å². The van der Waals surface area contributed by atoms with E-state index in [9.17, 15) is 18.8 Å². The Morgan fingerprint density at radius 3 is 2.56 bits per heavy atom. The van der Waals surface area contributed by atoms with E-state index in [-0.39, 0.29) is 18.4 Å². The van der Waals surface area contributed by atoms with Crippen LogP contribution in [0.4, 0.5) is 10.1 Å². The molecule has 1 N–H and O–H groups in total. The predicted octanol–water partition coefficient (Wildman–Crippen LogP) is 4.46. The van der Waals surface area contributed by atoms with Crippen molar-refractivity contribution in [3.63, 3.8) is 0 Å². The monoisotopic (exact) mass is 487 g/mol. The molecule has 0 bridgehead atoms. The van der Waals surface area contributed by atoms with Crippen LogP contribution in [0.15, 0.2) is 42.5 Å². The first-order valence-electron chi connectivity index (χ1n) is 11.3. The fourth-order valence-electron chi connectivity index (χ4n) is 4.30. The van der Waals surface area contributed by atoms with Crippen LogP contribution in [0.1, 0.15) is 48.7 Å². The van der Waals surface area contributed by atoms with E-state index >= 15 is 0 Å². The van der Waals surface area contributed by atoms with Gasteiger partial charge in [0.1, 0.15) is 18.5 Å². The maximum Gasteiger partial charge on any atom is 0.254 e. The molecule has 2 aliphatic heterocycles. The molecule has 2 aliphatic rings. The number of rotatable bonds is 5. The number of aldehydes is 1. The molecule has 2 aromatic rings. The molecular weight excluding hydrogens is 457 g/mol. The molecule has 4 rings (SSSR count). The highest BCUT2D eigenvalue weighted by Gasteiger charge is 2.43. The number of nitrogens with zero attached hydrogens (tertiary/aromatic N) is 2. The molecule has 0 radical (unpaired) electrons. The van der Waals surface area contributed by atoms with Gasteiger partial charge in [0.15, 0.2) is 0 Å². The number of para-hydroxylation sites is 1. The van der Waals surface area contributed by atoms with Gasteiger partial charge in [-0.3, -0.25) is 9.59 Å². The first-order chi connectivity index (χ1) is 16.0. The Morgan fingerprint density at radius 1 is 1.24 bits per heavy atom. The largest absolute Gasteiger partial charge is 0.388 e. The van der Waals surface area contributed by atoms with Crippen molar-refractivity contribution in [1.82, 2.24) is 9.80 Å². The molecule has 0 spiro atoms. The molecule has 2 heterocycles. The fraction of sp³-hybridized carbons (Fsp3) is 0.423. The summed E-state index contributed by atoms with van der Waals surface area (Å²) in [6.07, 6.45) is 1.51. The quantitative estimate of drug-likeness (QED) is 0.632. The zero-order valence-corrected chi connectivity index (χ0v) is 20.8. The van der Waals surface area contributed by atoms with Crippen molar-refractivity contribution < 1.29 is 18.8 Å². The number of amides is 2. The number of carbonyl (C=O) groups excluding carboxylic acids is 3. The molecule has 6 nitrogen and oxygen atoms in total. The molecule has 182 valence electrons. The Balaban J connectivity index is 0.000000588. The fourth-order valence-corrected chi connectivity index (χ4v) is 4.50. The predicted molar refractivity (Wildman–Crippen MR) is 132 cm³/mol. The smallest absolute Gasteiger partial charge is 0.254 e. The Bertz CT molecular complexity index is 1080. The third kappa shape index (κ3) is 5.76. The molecule has 1 fully saturated rings. The molecule has 1 saturated heterocycles. The third-order valence-corrected chi connectivity index (χ3v) is 6.12. The maximum absolute atomic E-state index is 12.9. The van der Waals surface area contributed by atoms with Gasteiger partial charge in [-0.15, -0.1) is 0 Å². The van der Waals surface area contributed by atoms with Crippen LogP contribution in [0, 0.1) is 0 Å². The summed E-state index contributed by atoms with van der Waals surface area (Å²) < 4.78 is 11.7. The highest BCUT2D eigenvalue weighted by atomic mass is 35.5. The maximum atomic E-state index is 12.9. The lowest BCUT2D eigenvalue weighted by Crippen LogP contribution is -2.41. The number of halogens is 2. The van der Waals surface area contributed by atoms with Gasteiger partial charge in [-0.05, 0) is 62.6 Å². The lowest BCUT2D eigenvalue weighted by Gasteiger charge is -2.27. The lowest BCUT2D eigenvalue weighted by atomic mass is 9.80. The van der Waals surface area contributed by atoms with Crippen LogP contribution in [0.5, 0.6) is 0 Å². The van der Waals surface area contributed by atoms with E-state index in [0.717, 1.165) is 23.1 Å². The van der Waals surface area contributed by atoms with E-state index in [0.29, 0.717) is 36.6 Å². The van der Waals surface area contributed by atoms with Crippen molar-refractivity contribution in [2.75, 3.05) is 32.0 Å². The van der Waals surface area contributed by atoms with Gasteiger partial charge in [-0.1, -0.05) is 29.8 Å². The van der Waals surface area contributed by atoms with E-state index < -0.39 is 11.1 Å². The van der Waals surface area contributed by atoms with Crippen molar-refractivity contribution in [1.29, 1.82) is 0 Å². The lowest BCUT2D eigenvalue weighted by molar-refractivity contribution is -0.131. The van der Waals surface area contributed by atoms with E-state index in [1.165, 1.54) is 25.7 Å². The number of likely N-dealkylation sites (tertiary alicyclic amines) is 1. The highest BCUT2D eigenvalue weighted by molar-refractivity contribution is 6.30. The Hall–Kier alpha value is -2.93. The molecule has 8 heteroatoms. The van der Waals surface area contributed by atoms with Crippen LogP contribution in [-0.2, 0) is 21.5 Å². The van der Waals surface area contributed by atoms with Gasteiger partial charge in [0.2, 0.25) is 5.91 Å².